The maximum Gasteiger partial charge on any atom is 0.328 e. The molecule has 3 rings (SSSR count). The lowest BCUT2D eigenvalue weighted by Gasteiger charge is -2.32. The second-order valence-corrected chi connectivity index (χ2v) is 6.80. The van der Waals surface area contributed by atoms with Gasteiger partial charge in [0.25, 0.3) is 5.56 Å². The molecule has 1 aromatic heterocycles. The number of aryl methyl sites for hydroxylation is 1. The van der Waals surface area contributed by atoms with Crippen molar-refractivity contribution in [1.82, 2.24) is 14.5 Å². The van der Waals surface area contributed by atoms with Gasteiger partial charge in [-0.05, 0) is 38.4 Å². The first-order chi connectivity index (χ1) is 12.5. The zero-order valence-electron chi connectivity index (χ0n) is 14.9. The Morgan fingerprint density at radius 3 is 2.85 bits per heavy atom. The fourth-order valence-corrected chi connectivity index (χ4v) is 3.35. The number of hydrogen-bond acceptors (Lipinski definition) is 4. The van der Waals surface area contributed by atoms with Gasteiger partial charge in [-0.15, -0.1) is 0 Å². The topological polar surface area (TPSA) is 67.3 Å². The van der Waals surface area contributed by atoms with Crippen molar-refractivity contribution in [2.45, 2.75) is 26.3 Å². The Labute approximate surface area is 151 Å². The molecule has 1 atom stereocenters. The highest BCUT2D eigenvalue weighted by molar-refractivity contribution is 5.23. The number of nitrogens with one attached hydrogen (secondary N) is 1. The number of aromatic nitrogens is 2. The SMILES string of the molecule is Cc1cc(=O)n(CCN2CCC[C@@H](COc3ccccc3F)C2)c(=O)[nH]1. The monoisotopic (exact) mass is 361 g/mol. The predicted molar refractivity (Wildman–Crippen MR) is 97.1 cm³/mol. The number of halogens is 1. The van der Waals surface area contributed by atoms with Gasteiger partial charge in [0.2, 0.25) is 0 Å². The van der Waals surface area contributed by atoms with Crippen LogP contribution in [0.3, 0.4) is 0 Å². The molecule has 1 aromatic carbocycles. The molecule has 0 unspecified atom stereocenters. The first kappa shape index (κ1) is 18.4. The van der Waals surface area contributed by atoms with Crippen LogP contribution < -0.4 is 16.0 Å². The van der Waals surface area contributed by atoms with Gasteiger partial charge in [0.15, 0.2) is 11.6 Å². The Kier molecular flexibility index (Phi) is 5.88. The number of para-hydroxylation sites is 1. The van der Waals surface area contributed by atoms with E-state index in [0.717, 1.165) is 25.9 Å². The van der Waals surface area contributed by atoms with Gasteiger partial charge in [-0.1, -0.05) is 12.1 Å². The van der Waals surface area contributed by atoms with E-state index in [2.05, 4.69) is 9.88 Å². The quantitative estimate of drug-likeness (QED) is 0.852. The standard InChI is InChI=1S/C19H24FN3O3/c1-14-11-18(24)23(19(25)21-14)10-9-22-8-4-5-15(12-22)13-26-17-7-3-2-6-16(17)20/h2-3,6-7,11,15H,4-5,8-10,12-13H2,1H3,(H,21,25)/t15-/m1/s1. The number of piperidine rings is 1. The summed E-state index contributed by atoms with van der Waals surface area (Å²) in [5.74, 6) is 0.233. The van der Waals surface area contributed by atoms with Crippen LogP contribution in [0.4, 0.5) is 4.39 Å². The molecule has 1 aliphatic rings. The normalized spacial score (nSPS) is 18.0. The van der Waals surface area contributed by atoms with Crippen LogP contribution in [0.2, 0.25) is 0 Å². The minimum Gasteiger partial charge on any atom is -0.490 e. The molecule has 7 heteroatoms. The van der Waals surface area contributed by atoms with Crippen molar-refractivity contribution in [3.05, 3.63) is 62.7 Å². The molecule has 6 nitrogen and oxygen atoms in total. The van der Waals surface area contributed by atoms with Crippen LogP contribution >= 0.6 is 0 Å². The average Bonchev–Trinajstić information content (AvgIpc) is 2.60. The third-order valence-corrected chi connectivity index (χ3v) is 4.71. The molecule has 2 aromatic rings. The number of ether oxygens (including phenoxy) is 1. The molecule has 2 heterocycles. The molecule has 26 heavy (non-hydrogen) atoms. The van der Waals surface area contributed by atoms with Crippen molar-refractivity contribution in [2.75, 3.05) is 26.2 Å². The summed E-state index contributed by atoms with van der Waals surface area (Å²) in [7, 11) is 0. The summed E-state index contributed by atoms with van der Waals surface area (Å²) in [5.41, 5.74) is -0.0753. The van der Waals surface area contributed by atoms with Gasteiger partial charge in [0.05, 0.1) is 6.61 Å². The van der Waals surface area contributed by atoms with Crippen LogP contribution in [0.15, 0.2) is 39.9 Å². The number of benzene rings is 1. The van der Waals surface area contributed by atoms with E-state index in [1.54, 1.807) is 25.1 Å². The van der Waals surface area contributed by atoms with Crippen LogP contribution in [0, 0.1) is 18.7 Å². The molecule has 140 valence electrons. The van der Waals surface area contributed by atoms with Crippen molar-refractivity contribution in [3.63, 3.8) is 0 Å². The lowest BCUT2D eigenvalue weighted by atomic mass is 9.99. The first-order valence-corrected chi connectivity index (χ1v) is 8.93. The van der Waals surface area contributed by atoms with Crippen LogP contribution in [0.1, 0.15) is 18.5 Å². The maximum absolute atomic E-state index is 13.6. The molecule has 1 aliphatic heterocycles. The second kappa shape index (κ2) is 8.31. The molecule has 0 aliphatic carbocycles. The molecule has 1 fully saturated rings. The second-order valence-electron chi connectivity index (χ2n) is 6.80. The minimum absolute atomic E-state index is 0.275. The number of aromatic amines is 1. The lowest BCUT2D eigenvalue weighted by Crippen LogP contribution is -2.43. The van der Waals surface area contributed by atoms with Crippen LogP contribution in [0.5, 0.6) is 5.75 Å². The Hall–Kier alpha value is -2.41. The number of likely N-dealkylation sites (tertiary alicyclic amines) is 1. The lowest BCUT2D eigenvalue weighted by molar-refractivity contribution is 0.124. The number of nitrogens with zero attached hydrogens (tertiary/aromatic N) is 2. The minimum atomic E-state index is -0.369. The van der Waals surface area contributed by atoms with Crippen molar-refractivity contribution in [3.8, 4) is 5.75 Å². The van der Waals surface area contributed by atoms with Gasteiger partial charge >= 0.3 is 5.69 Å². The van der Waals surface area contributed by atoms with Crippen LogP contribution in [-0.2, 0) is 6.54 Å². The van der Waals surface area contributed by atoms with E-state index in [0.29, 0.717) is 31.3 Å². The van der Waals surface area contributed by atoms with Gasteiger partial charge in [-0.25, -0.2) is 9.18 Å². The summed E-state index contributed by atoms with van der Waals surface area (Å²) >= 11 is 0. The Balaban J connectivity index is 1.53. The van der Waals surface area contributed by atoms with Crippen LogP contribution in [-0.4, -0.2) is 40.7 Å². The number of hydrogen-bond donors (Lipinski definition) is 1. The van der Waals surface area contributed by atoms with E-state index in [9.17, 15) is 14.0 Å². The van der Waals surface area contributed by atoms with Crippen molar-refractivity contribution in [1.29, 1.82) is 0 Å². The fraction of sp³-hybridized carbons (Fsp3) is 0.474. The van der Waals surface area contributed by atoms with E-state index >= 15 is 0 Å². The Morgan fingerprint density at radius 1 is 1.27 bits per heavy atom. The molecular weight excluding hydrogens is 337 g/mol. The fourth-order valence-electron chi connectivity index (χ4n) is 3.35. The molecule has 0 radical (unpaired) electrons. The molecular formula is C19H24FN3O3. The Morgan fingerprint density at radius 2 is 2.08 bits per heavy atom. The number of H-pyrrole nitrogens is 1. The zero-order chi connectivity index (χ0) is 18.5. The molecule has 0 saturated carbocycles. The number of rotatable bonds is 6. The van der Waals surface area contributed by atoms with E-state index in [1.807, 2.05) is 0 Å². The smallest absolute Gasteiger partial charge is 0.328 e. The van der Waals surface area contributed by atoms with E-state index in [-0.39, 0.29) is 22.8 Å². The molecule has 1 N–H and O–H groups in total. The van der Waals surface area contributed by atoms with Gasteiger partial charge in [0, 0.05) is 37.3 Å². The molecule has 0 bridgehead atoms. The van der Waals surface area contributed by atoms with Crippen LogP contribution in [0.25, 0.3) is 0 Å². The summed E-state index contributed by atoms with van der Waals surface area (Å²) in [6.07, 6.45) is 2.04. The van der Waals surface area contributed by atoms with Crippen molar-refractivity contribution < 1.29 is 9.13 Å². The summed E-state index contributed by atoms with van der Waals surface area (Å²) in [5, 5.41) is 0. The third kappa shape index (κ3) is 4.60. The predicted octanol–water partition coefficient (Wildman–Crippen LogP) is 1.78. The Bertz CT molecular complexity index is 830. The van der Waals surface area contributed by atoms with Crippen molar-refractivity contribution in [2.24, 2.45) is 5.92 Å². The van der Waals surface area contributed by atoms with Gasteiger partial charge < -0.3 is 14.6 Å². The third-order valence-electron chi connectivity index (χ3n) is 4.71. The largest absolute Gasteiger partial charge is 0.490 e. The zero-order valence-corrected chi connectivity index (χ0v) is 14.9. The van der Waals surface area contributed by atoms with Gasteiger partial charge in [-0.3, -0.25) is 9.36 Å². The molecule has 0 spiro atoms. The van der Waals surface area contributed by atoms with E-state index in [4.69, 9.17) is 4.74 Å². The van der Waals surface area contributed by atoms with Gasteiger partial charge in [-0.2, -0.15) is 0 Å². The van der Waals surface area contributed by atoms with E-state index < -0.39 is 0 Å². The summed E-state index contributed by atoms with van der Waals surface area (Å²) < 4.78 is 20.5. The maximum atomic E-state index is 13.6. The molecule has 1 saturated heterocycles. The summed E-state index contributed by atoms with van der Waals surface area (Å²) in [6.45, 7) is 4.87. The van der Waals surface area contributed by atoms with Crippen molar-refractivity contribution >= 4 is 0 Å². The molecule has 0 amide bonds. The first-order valence-electron chi connectivity index (χ1n) is 8.93. The van der Waals surface area contributed by atoms with Gasteiger partial charge in [0.1, 0.15) is 0 Å². The average molecular weight is 361 g/mol. The summed E-state index contributed by atoms with van der Waals surface area (Å²) in [6, 6.07) is 7.84. The summed E-state index contributed by atoms with van der Waals surface area (Å²) in [4.78, 5) is 28.8. The van der Waals surface area contributed by atoms with E-state index in [1.165, 1.54) is 16.7 Å². The highest BCUT2D eigenvalue weighted by atomic mass is 19.1. The highest BCUT2D eigenvalue weighted by Gasteiger charge is 2.21. The highest BCUT2D eigenvalue weighted by Crippen LogP contribution is 2.20.